The van der Waals surface area contributed by atoms with Crippen LogP contribution in [0.15, 0.2) is 0 Å². The van der Waals surface area contributed by atoms with E-state index in [1.165, 1.54) is 37.3 Å². The van der Waals surface area contributed by atoms with Gasteiger partial charge in [0.15, 0.2) is 0 Å². The summed E-state index contributed by atoms with van der Waals surface area (Å²) in [5.74, 6) is 2.86. The highest BCUT2D eigenvalue weighted by Gasteiger charge is 2.25. The first-order chi connectivity index (χ1) is 7.95. The molecule has 0 radical (unpaired) electrons. The third-order valence-corrected chi connectivity index (χ3v) is 3.68. The van der Waals surface area contributed by atoms with Crippen molar-refractivity contribution in [2.75, 3.05) is 13.2 Å². The normalized spacial score (nSPS) is 26.1. The summed E-state index contributed by atoms with van der Waals surface area (Å²) in [6.45, 7) is 2.82. The predicted octanol–water partition coefficient (Wildman–Crippen LogP) is 1.90. The van der Waals surface area contributed by atoms with Crippen molar-refractivity contribution >= 4 is 0 Å². The van der Waals surface area contributed by atoms with Crippen LogP contribution in [-0.4, -0.2) is 28.0 Å². The number of aryl methyl sites for hydroxylation is 1. The summed E-state index contributed by atoms with van der Waals surface area (Å²) >= 11 is 0. The Hall–Kier alpha value is -0.900. The van der Waals surface area contributed by atoms with Crippen LogP contribution in [0.25, 0.3) is 0 Å². The molecule has 88 valence electrons. The molecule has 0 aliphatic carbocycles. The fourth-order valence-electron chi connectivity index (χ4n) is 2.72. The maximum atomic E-state index is 5.45. The van der Waals surface area contributed by atoms with Gasteiger partial charge in [-0.1, -0.05) is 12.8 Å². The lowest BCUT2D eigenvalue weighted by molar-refractivity contribution is 0.192. The summed E-state index contributed by atoms with van der Waals surface area (Å²) in [6, 6.07) is 0. The molecule has 0 N–H and O–H groups in total. The Morgan fingerprint density at radius 2 is 2.06 bits per heavy atom. The molecule has 3 rings (SSSR count). The van der Waals surface area contributed by atoms with Crippen molar-refractivity contribution in [3.63, 3.8) is 0 Å². The molecular formula is C12H19N3O. The minimum atomic E-state index is 0.487. The van der Waals surface area contributed by atoms with Gasteiger partial charge in [-0.2, -0.15) is 0 Å². The summed E-state index contributed by atoms with van der Waals surface area (Å²) in [5, 5.41) is 8.76. The fraction of sp³-hybridized carbons (Fsp3) is 0.833. The van der Waals surface area contributed by atoms with Crippen molar-refractivity contribution in [1.82, 2.24) is 14.8 Å². The second kappa shape index (κ2) is 4.53. The molecule has 4 nitrogen and oxygen atoms in total. The minimum Gasteiger partial charge on any atom is -0.381 e. The molecule has 16 heavy (non-hydrogen) atoms. The number of hydrogen-bond donors (Lipinski definition) is 0. The topological polar surface area (TPSA) is 39.9 Å². The lowest BCUT2D eigenvalue weighted by Crippen LogP contribution is -2.13. The van der Waals surface area contributed by atoms with Gasteiger partial charge in [0.1, 0.15) is 11.6 Å². The van der Waals surface area contributed by atoms with E-state index in [9.17, 15) is 0 Å². The average Bonchev–Trinajstić information content (AvgIpc) is 2.86. The van der Waals surface area contributed by atoms with Crippen molar-refractivity contribution in [2.24, 2.45) is 0 Å². The Morgan fingerprint density at radius 1 is 1.12 bits per heavy atom. The first-order valence-electron chi connectivity index (χ1n) is 6.45. The van der Waals surface area contributed by atoms with Gasteiger partial charge in [0.25, 0.3) is 0 Å². The van der Waals surface area contributed by atoms with Crippen molar-refractivity contribution in [3.05, 3.63) is 11.6 Å². The second-order valence-electron chi connectivity index (χ2n) is 4.85. The van der Waals surface area contributed by atoms with Crippen molar-refractivity contribution in [1.29, 1.82) is 0 Å². The summed E-state index contributed by atoms with van der Waals surface area (Å²) < 4.78 is 7.81. The number of ether oxygens (including phenoxy) is 1. The number of nitrogens with zero attached hydrogens (tertiary/aromatic N) is 3. The highest BCUT2D eigenvalue weighted by molar-refractivity contribution is 5.04. The molecule has 0 saturated carbocycles. The molecular weight excluding hydrogens is 202 g/mol. The van der Waals surface area contributed by atoms with Crippen LogP contribution in [0.4, 0.5) is 0 Å². The Morgan fingerprint density at radius 3 is 2.94 bits per heavy atom. The van der Waals surface area contributed by atoms with Crippen LogP contribution in [0.3, 0.4) is 0 Å². The Kier molecular flexibility index (Phi) is 2.91. The van der Waals surface area contributed by atoms with Crippen LogP contribution in [0.1, 0.15) is 49.7 Å². The zero-order valence-corrected chi connectivity index (χ0v) is 9.69. The van der Waals surface area contributed by atoms with Crippen LogP contribution >= 0.6 is 0 Å². The molecule has 0 aromatic carbocycles. The quantitative estimate of drug-likeness (QED) is 0.727. The zero-order chi connectivity index (χ0) is 10.8. The van der Waals surface area contributed by atoms with E-state index < -0.39 is 0 Å². The largest absolute Gasteiger partial charge is 0.381 e. The molecule has 3 heterocycles. The van der Waals surface area contributed by atoms with E-state index >= 15 is 0 Å². The number of aromatic nitrogens is 3. The molecule has 4 heteroatoms. The van der Waals surface area contributed by atoms with Crippen LogP contribution in [0, 0.1) is 0 Å². The van der Waals surface area contributed by atoms with E-state index in [1.807, 2.05) is 0 Å². The molecule has 2 aliphatic rings. The number of hydrogen-bond acceptors (Lipinski definition) is 3. The second-order valence-corrected chi connectivity index (χ2v) is 4.85. The van der Waals surface area contributed by atoms with Crippen LogP contribution < -0.4 is 0 Å². The molecule has 0 bridgehead atoms. The first kappa shape index (κ1) is 10.3. The highest BCUT2D eigenvalue weighted by atomic mass is 16.5. The van der Waals surface area contributed by atoms with Gasteiger partial charge in [0, 0.05) is 25.5 Å². The number of fused-ring (bicyclic) bond motifs is 1. The zero-order valence-electron chi connectivity index (χ0n) is 9.69. The SMILES string of the molecule is C1CCCn2c(nnc2C2CCOC2)CC1. The van der Waals surface area contributed by atoms with Crippen LogP contribution in [0.5, 0.6) is 0 Å². The smallest absolute Gasteiger partial charge is 0.138 e. The molecule has 1 aromatic heterocycles. The highest BCUT2D eigenvalue weighted by Crippen LogP contribution is 2.26. The van der Waals surface area contributed by atoms with Crippen LogP contribution in [0.2, 0.25) is 0 Å². The lowest BCUT2D eigenvalue weighted by atomic mass is 10.1. The summed E-state index contributed by atoms with van der Waals surface area (Å²) in [6.07, 6.45) is 7.43. The minimum absolute atomic E-state index is 0.487. The molecule has 0 amide bonds. The molecule has 1 saturated heterocycles. The van der Waals surface area contributed by atoms with Gasteiger partial charge in [0.2, 0.25) is 0 Å². The van der Waals surface area contributed by atoms with Gasteiger partial charge < -0.3 is 9.30 Å². The summed E-state index contributed by atoms with van der Waals surface area (Å²) in [7, 11) is 0. The fourth-order valence-corrected chi connectivity index (χ4v) is 2.72. The van der Waals surface area contributed by atoms with Crippen molar-refractivity contribution in [3.8, 4) is 0 Å². The molecule has 0 spiro atoms. The van der Waals surface area contributed by atoms with Gasteiger partial charge in [-0.25, -0.2) is 0 Å². The Labute approximate surface area is 96.0 Å². The first-order valence-corrected chi connectivity index (χ1v) is 6.45. The molecule has 1 unspecified atom stereocenters. The van der Waals surface area contributed by atoms with Crippen molar-refractivity contribution in [2.45, 2.75) is 51.0 Å². The third-order valence-electron chi connectivity index (χ3n) is 3.68. The number of rotatable bonds is 1. The van der Waals surface area contributed by atoms with Gasteiger partial charge >= 0.3 is 0 Å². The maximum absolute atomic E-state index is 5.45. The van der Waals surface area contributed by atoms with Gasteiger partial charge in [0.05, 0.1) is 6.61 Å². The Bertz CT molecular complexity index is 355. The lowest BCUT2D eigenvalue weighted by Gasteiger charge is -2.15. The molecule has 1 atom stereocenters. The predicted molar refractivity (Wildman–Crippen MR) is 60.4 cm³/mol. The molecule has 1 aromatic rings. The van der Waals surface area contributed by atoms with Crippen molar-refractivity contribution < 1.29 is 4.74 Å². The van der Waals surface area contributed by atoms with E-state index in [4.69, 9.17) is 4.74 Å². The Balaban J connectivity index is 1.87. The van der Waals surface area contributed by atoms with Gasteiger partial charge in [-0.05, 0) is 19.3 Å². The third kappa shape index (κ3) is 1.86. The van der Waals surface area contributed by atoms with Crippen LogP contribution in [-0.2, 0) is 17.7 Å². The maximum Gasteiger partial charge on any atom is 0.138 e. The molecule has 1 fully saturated rings. The summed E-state index contributed by atoms with van der Waals surface area (Å²) in [4.78, 5) is 0. The van der Waals surface area contributed by atoms with E-state index in [1.54, 1.807) is 0 Å². The van der Waals surface area contributed by atoms with E-state index in [-0.39, 0.29) is 0 Å². The standard InChI is InChI=1S/C12H19N3O/c1-2-4-7-15-11(5-3-1)13-14-12(15)10-6-8-16-9-10/h10H,1-9H2. The van der Waals surface area contributed by atoms with E-state index in [2.05, 4.69) is 14.8 Å². The monoisotopic (exact) mass is 221 g/mol. The van der Waals surface area contributed by atoms with Gasteiger partial charge in [-0.15, -0.1) is 10.2 Å². The molecule has 2 aliphatic heterocycles. The van der Waals surface area contributed by atoms with E-state index in [0.717, 1.165) is 32.6 Å². The average molecular weight is 221 g/mol. The van der Waals surface area contributed by atoms with E-state index in [0.29, 0.717) is 5.92 Å². The van der Waals surface area contributed by atoms with Gasteiger partial charge in [-0.3, -0.25) is 0 Å². The summed E-state index contributed by atoms with van der Waals surface area (Å²) in [5.41, 5.74) is 0.